The van der Waals surface area contributed by atoms with Crippen molar-refractivity contribution in [3.8, 4) is 0 Å². The molecule has 102 valence electrons. The Morgan fingerprint density at radius 1 is 0.895 bits per heavy atom. The fourth-order valence-corrected chi connectivity index (χ4v) is 4.83. The zero-order valence-electron chi connectivity index (χ0n) is 13.4. The van der Waals surface area contributed by atoms with Crippen molar-refractivity contribution in [2.75, 3.05) is 0 Å². The average Bonchev–Trinajstić information content (AvgIpc) is 2.38. The van der Waals surface area contributed by atoms with Crippen molar-refractivity contribution in [1.82, 2.24) is 0 Å². The summed E-state index contributed by atoms with van der Waals surface area (Å²) in [6.45, 7) is 0. The Bertz CT molecular complexity index is 321. The maximum Gasteiger partial charge on any atom is 1.00 e. The predicted molar refractivity (Wildman–Crippen MR) is 57.0 cm³/mol. The summed E-state index contributed by atoms with van der Waals surface area (Å²) in [5, 5.41) is -2.27. The zero-order chi connectivity index (χ0) is 13.1. The molecule has 1 aliphatic rings. The molecule has 0 atom stereocenters. The van der Waals surface area contributed by atoms with Gasteiger partial charge in [-0.2, -0.15) is 0 Å². The molecule has 0 heterocycles. The molecule has 19 heavy (non-hydrogen) atoms. The molecule has 0 aromatic carbocycles. The molecule has 6 nitrogen and oxygen atoms in total. The average molecular weight is 330 g/mol. The predicted octanol–water partition coefficient (Wildman–Crippen LogP) is -6.27. The Morgan fingerprint density at radius 2 is 1.26 bits per heavy atom. The van der Waals surface area contributed by atoms with Crippen molar-refractivity contribution in [3.05, 3.63) is 0 Å². The van der Waals surface area contributed by atoms with Gasteiger partial charge in [0.25, 0.3) is 0 Å². The van der Waals surface area contributed by atoms with E-state index in [4.69, 9.17) is 0 Å². The Balaban J connectivity index is -0.000000361. The first kappa shape index (κ1) is 23.6. The van der Waals surface area contributed by atoms with Gasteiger partial charge in [-0.15, -0.1) is 0 Å². The first-order valence-electron chi connectivity index (χ1n) is 5.74. The van der Waals surface area contributed by atoms with Gasteiger partial charge in [0.15, 0.2) is 0 Å². The molecule has 0 amide bonds. The maximum atomic E-state index is 10.8. The minimum Gasteiger partial charge on any atom is -0.810 e. The summed E-state index contributed by atoms with van der Waals surface area (Å²) in [4.78, 5) is 43.4. The van der Waals surface area contributed by atoms with Crippen LogP contribution >= 0.6 is 15.2 Å². The van der Waals surface area contributed by atoms with E-state index in [1.54, 1.807) is 0 Å². The first-order chi connectivity index (χ1) is 7.71. The quantitative estimate of drug-likeness (QED) is 0.287. The molecule has 0 aromatic heterocycles. The molecule has 1 aliphatic carbocycles. The molecule has 0 unspecified atom stereocenters. The first-order valence-corrected chi connectivity index (χ1v) is 8.97. The smallest absolute Gasteiger partial charge is 0.810 e. The second kappa shape index (κ2) is 10.1. The standard InChI is InChI=1S/C9H20O6P2.2Na/c10-16(11,12)9(17(13,14)15)7-8-5-3-1-2-4-6-8;;/h8-9H,1-7H2,(H2,10,11,12)(H2,13,14,15);;/q;2*+1/p-2. The van der Waals surface area contributed by atoms with Crippen molar-refractivity contribution in [1.29, 1.82) is 0 Å². The molecular formula is C9H18Na2O6P2. The molecule has 0 bridgehead atoms. The molecule has 0 N–H and O–H groups in total. The van der Waals surface area contributed by atoms with Gasteiger partial charge in [0.05, 0.1) is 0 Å². The van der Waals surface area contributed by atoms with Crippen LogP contribution in [0.25, 0.3) is 0 Å². The van der Waals surface area contributed by atoms with Crippen LogP contribution in [0.4, 0.5) is 0 Å². The molecule has 10 heteroatoms. The Hall–Kier alpha value is 2.30. The Morgan fingerprint density at radius 3 is 1.58 bits per heavy atom. The summed E-state index contributed by atoms with van der Waals surface area (Å²) in [6, 6.07) is 0. The molecule has 0 spiro atoms. The Kier molecular flexibility index (Phi) is 12.6. The van der Waals surface area contributed by atoms with E-state index in [0.29, 0.717) is 12.8 Å². The van der Waals surface area contributed by atoms with Gasteiger partial charge in [-0.1, -0.05) is 53.7 Å². The fraction of sp³-hybridized carbons (Fsp3) is 1.00. The van der Waals surface area contributed by atoms with Gasteiger partial charge >= 0.3 is 62.0 Å². The molecular weight excluding hydrogens is 312 g/mol. The van der Waals surface area contributed by atoms with Gasteiger partial charge < -0.3 is 28.7 Å². The van der Waals surface area contributed by atoms with Gasteiger partial charge in [-0.3, -0.25) is 0 Å². The molecule has 0 radical (unpaired) electrons. The van der Waals surface area contributed by atoms with Gasteiger partial charge in [0.1, 0.15) is 0 Å². The summed E-state index contributed by atoms with van der Waals surface area (Å²) in [7, 11) is -10.7. The summed E-state index contributed by atoms with van der Waals surface area (Å²) >= 11 is 0. The minimum absolute atomic E-state index is 0. The van der Waals surface area contributed by atoms with E-state index in [1.807, 2.05) is 0 Å². The molecule has 0 aromatic rings. The third-order valence-corrected chi connectivity index (χ3v) is 6.83. The fourth-order valence-electron chi connectivity index (χ4n) is 2.33. The third kappa shape index (κ3) is 9.12. The van der Waals surface area contributed by atoms with Crippen LogP contribution < -0.4 is 78.7 Å². The molecule has 1 saturated carbocycles. The second-order valence-corrected chi connectivity index (χ2v) is 8.47. The van der Waals surface area contributed by atoms with Crippen LogP contribution in [-0.4, -0.2) is 5.40 Å². The zero-order valence-corrected chi connectivity index (χ0v) is 17.2. The molecule has 0 saturated heterocycles. The van der Waals surface area contributed by atoms with E-state index in [2.05, 4.69) is 0 Å². The van der Waals surface area contributed by atoms with Crippen LogP contribution in [-0.2, 0) is 9.13 Å². The van der Waals surface area contributed by atoms with Crippen LogP contribution in [0.15, 0.2) is 0 Å². The van der Waals surface area contributed by atoms with Crippen molar-refractivity contribution in [2.45, 2.75) is 50.3 Å². The van der Waals surface area contributed by atoms with E-state index in [9.17, 15) is 28.7 Å². The van der Waals surface area contributed by atoms with Gasteiger partial charge in [0, 0.05) is 5.40 Å². The number of rotatable bonds is 4. The summed E-state index contributed by atoms with van der Waals surface area (Å²) in [6.07, 6.45) is 4.89. The SMILES string of the molecule is O=P([O-])([O-])C(CC1CCCCCC1)P(=O)([O-])[O-].[H+].[H+].[Na+].[Na+]. The van der Waals surface area contributed by atoms with Crippen molar-refractivity contribution >= 4 is 15.2 Å². The van der Waals surface area contributed by atoms with Crippen molar-refractivity contribution in [2.24, 2.45) is 5.92 Å². The number of hydrogen-bond acceptors (Lipinski definition) is 6. The van der Waals surface area contributed by atoms with E-state index in [-0.39, 0.29) is 74.3 Å². The second-order valence-electron chi connectivity index (χ2n) is 4.65. The largest absolute Gasteiger partial charge is 1.00 e. The van der Waals surface area contributed by atoms with Crippen LogP contribution in [0, 0.1) is 5.92 Å². The number of hydrogen-bond donors (Lipinski definition) is 0. The van der Waals surface area contributed by atoms with Crippen molar-refractivity contribution in [3.63, 3.8) is 0 Å². The van der Waals surface area contributed by atoms with E-state index < -0.39 is 20.6 Å². The van der Waals surface area contributed by atoms with Gasteiger partial charge in [-0.25, -0.2) is 0 Å². The van der Waals surface area contributed by atoms with Gasteiger partial charge in [0.2, 0.25) is 0 Å². The summed E-state index contributed by atoms with van der Waals surface area (Å²) < 4.78 is 21.7. The third-order valence-electron chi connectivity index (χ3n) is 3.25. The topological polar surface area (TPSA) is 126 Å². The van der Waals surface area contributed by atoms with Crippen molar-refractivity contribution < 1.29 is 90.7 Å². The maximum absolute atomic E-state index is 10.8. The minimum atomic E-state index is -5.37. The monoisotopic (exact) mass is 330 g/mol. The molecule has 1 fully saturated rings. The van der Waals surface area contributed by atoms with Crippen LogP contribution in [0.1, 0.15) is 47.8 Å². The van der Waals surface area contributed by atoms with Crippen LogP contribution in [0.2, 0.25) is 0 Å². The van der Waals surface area contributed by atoms with Crippen LogP contribution in [0.5, 0.6) is 0 Å². The molecule has 1 rings (SSSR count). The Labute approximate surface area is 161 Å². The normalized spacial score (nSPS) is 18.4. The van der Waals surface area contributed by atoms with Gasteiger partial charge in [-0.05, 0) is 12.3 Å². The van der Waals surface area contributed by atoms with E-state index in [1.165, 1.54) is 0 Å². The van der Waals surface area contributed by atoms with E-state index in [0.717, 1.165) is 25.7 Å². The molecule has 0 aliphatic heterocycles. The summed E-state index contributed by atoms with van der Waals surface area (Å²) in [5.41, 5.74) is 0. The van der Waals surface area contributed by atoms with Crippen LogP contribution in [0.3, 0.4) is 0 Å². The summed E-state index contributed by atoms with van der Waals surface area (Å²) in [5.74, 6) is -0.144. The van der Waals surface area contributed by atoms with E-state index >= 15 is 0 Å².